The molecule has 0 saturated carbocycles. The fraction of sp³-hybridized carbons (Fsp3) is 0.389. The first-order chi connectivity index (χ1) is 11.9. The fourth-order valence-electron chi connectivity index (χ4n) is 2.56. The van der Waals surface area contributed by atoms with Crippen molar-refractivity contribution in [1.82, 2.24) is 4.98 Å². The van der Waals surface area contributed by atoms with Gasteiger partial charge in [-0.1, -0.05) is 38.1 Å². The first-order valence-electron chi connectivity index (χ1n) is 7.84. The SMILES string of the molecule is CC(c1ccc(Cc2cc(C(F)(F)F)c[nH]c2=O)cc1)C(C)C(F)(F)F. The van der Waals surface area contributed by atoms with Crippen molar-refractivity contribution in [3.63, 3.8) is 0 Å². The van der Waals surface area contributed by atoms with Gasteiger partial charge < -0.3 is 4.98 Å². The number of hydrogen-bond acceptors (Lipinski definition) is 1. The maximum atomic E-state index is 12.8. The van der Waals surface area contributed by atoms with E-state index in [1.54, 1.807) is 0 Å². The van der Waals surface area contributed by atoms with Gasteiger partial charge >= 0.3 is 12.4 Å². The molecule has 0 fully saturated rings. The standard InChI is InChI=1S/C18H17F6NO/c1-10(11(2)17(19,20)21)13-5-3-12(4-6-13)7-14-8-15(18(22,23)24)9-25-16(14)26/h3-6,8-11H,7H2,1-2H3,(H,25,26). The lowest BCUT2D eigenvalue weighted by molar-refractivity contribution is -0.174. The molecular formula is C18H17F6NO. The van der Waals surface area contributed by atoms with Crippen LogP contribution in [0.4, 0.5) is 26.3 Å². The van der Waals surface area contributed by atoms with Gasteiger partial charge in [0.2, 0.25) is 0 Å². The molecule has 0 radical (unpaired) electrons. The minimum Gasteiger partial charge on any atom is -0.328 e. The number of aromatic nitrogens is 1. The number of benzene rings is 1. The first kappa shape index (κ1) is 20.1. The van der Waals surface area contributed by atoms with E-state index in [-0.39, 0.29) is 12.0 Å². The summed E-state index contributed by atoms with van der Waals surface area (Å²) in [6.07, 6.45) is -8.34. The molecule has 2 unspecified atom stereocenters. The van der Waals surface area contributed by atoms with Crippen LogP contribution in [-0.4, -0.2) is 11.2 Å². The summed E-state index contributed by atoms with van der Waals surface area (Å²) in [4.78, 5) is 13.8. The summed E-state index contributed by atoms with van der Waals surface area (Å²) in [6, 6.07) is 6.83. The predicted molar refractivity (Wildman–Crippen MR) is 84.9 cm³/mol. The highest BCUT2D eigenvalue weighted by Crippen LogP contribution is 2.37. The van der Waals surface area contributed by atoms with E-state index in [9.17, 15) is 31.1 Å². The topological polar surface area (TPSA) is 32.9 Å². The molecule has 142 valence electrons. The van der Waals surface area contributed by atoms with E-state index >= 15 is 0 Å². The predicted octanol–water partition coefficient (Wildman–Crippen LogP) is 5.29. The number of alkyl halides is 6. The van der Waals surface area contributed by atoms with Crippen LogP contribution in [-0.2, 0) is 12.6 Å². The second-order valence-corrected chi connectivity index (χ2v) is 6.28. The van der Waals surface area contributed by atoms with Crippen LogP contribution in [0.5, 0.6) is 0 Å². The number of hydrogen-bond donors (Lipinski definition) is 1. The summed E-state index contributed by atoms with van der Waals surface area (Å²) in [5, 5.41) is 0. The van der Waals surface area contributed by atoms with Gasteiger partial charge in [0.05, 0.1) is 11.5 Å². The van der Waals surface area contributed by atoms with Gasteiger partial charge in [-0.2, -0.15) is 26.3 Å². The largest absolute Gasteiger partial charge is 0.417 e. The fourth-order valence-corrected chi connectivity index (χ4v) is 2.56. The van der Waals surface area contributed by atoms with Gasteiger partial charge in [0.1, 0.15) is 0 Å². The molecule has 0 aliphatic carbocycles. The Bertz CT molecular complexity index is 804. The summed E-state index contributed by atoms with van der Waals surface area (Å²) in [6.45, 7) is 2.56. The second kappa shape index (κ2) is 7.17. The van der Waals surface area contributed by atoms with Gasteiger partial charge in [0.15, 0.2) is 0 Å². The van der Waals surface area contributed by atoms with Crippen LogP contribution < -0.4 is 5.56 Å². The van der Waals surface area contributed by atoms with Crippen molar-refractivity contribution >= 4 is 0 Å². The molecule has 1 heterocycles. The van der Waals surface area contributed by atoms with Crippen LogP contribution in [0.2, 0.25) is 0 Å². The lowest BCUT2D eigenvalue weighted by Crippen LogP contribution is -2.24. The van der Waals surface area contributed by atoms with Crippen molar-refractivity contribution in [2.45, 2.75) is 38.5 Å². The molecule has 8 heteroatoms. The molecule has 1 aromatic carbocycles. The highest BCUT2D eigenvalue weighted by atomic mass is 19.4. The minimum absolute atomic E-state index is 0.0528. The third kappa shape index (κ3) is 4.68. The second-order valence-electron chi connectivity index (χ2n) is 6.28. The number of pyridine rings is 1. The zero-order chi connectivity index (χ0) is 19.7. The van der Waals surface area contributed by atoms with E-state index in [0.29, 0.717) is 17.3 Å². The zero-order valence-electron chi connectivity index (χ0n) is 14.0. The Morgan fingerprint density at radius 2 is 1.58 bits per heavy atom. The van der Waals surface area contributed by atoms with Gasteiger partial charge in [-0.3, -0.25) is 4.79 Å². The van der Waals surface area contributed by atoms with Gasteiger partial charge in [-0.25, -0.2) is 0 Å². The van der Waals surface area contributed by atoms with Crippen molar-refractivity contribution in [1.29, 1.82) is 0 Å². The van der Waals surface area contributed by atoms with Crippen LogP contribution in [0.25, 0.3) is 0 Å². The number of halogens is 6. The van der Waals surface area contributed by atoms with E-state index in [2.05, 4.69) is 4.98 Å². The van der Waals surface area contributed by atoms with Crippen molar-refractivity contribution in [3.8, 4) is 0 Å². The average Bonchev–Trinajstić information content (AvgIpc) is 2.54. The van der Waals surface area contributed by atoms with Gasteiger partial charge in [-0.05, 0) is 23.1 Å². The molecule has 2 aromatic rings. The maximum absolute atomic E-state index is 12.8. The highest BCUT2D eigenvalue weighted by Gasteiger charge is 2.39. The molecule has 2 atom stereocenters. The van der Waals surface area contributed by atoms with Crippen LogP contribution in [0.15, 0.2) is 41.3 Å². The van der Waals surface area contributed by atoms with E-state index in [0.717, 1.165) is 13.0 Å². The average molecular weight is 377 g/mol. The van der Waals surface area contributed by atoms with Crippen LogP contribution >= 0.6 is 0 Å². The number of H-pyrrole nitrogens is 1. The minimum atomic E-state index is -4.58. The zero-order valence-corrected chi connectivity index (χ0v) is 14.0. The molecule has 0 aliphatic rings. The molecule has 26 heavy (non-hydrogen) atoms. The Balaban J connectivity index is 2.21. The molecule has 0 amide bonds. The van der Waals surface area contributed by atoms with Crippen molar-refractivity contribution < 1.29 is 26.3 Å². The first-order valence-corrected chi connectivity index (χ1v) is 7.84. The smallest absolute Gasteiger partial charge is 0.328 e. The quantitative estimate of drug-likeness (QED) is 0.722. The lowest BCUT2D eigenvalue weighted by Gasteiger charge is -2.23. The summed E-state index contributed by atoms with van der Waals surface area (Å²) in [7, 11) is 0. The highest BCUT2D eigenvalue weighted by molar-refractivity contribution is 5.31. The number of nitrogens with one attached hydrogen (secondary N) is 1. The molecule has 2 rings (SSSR count). The van der Waals surface area contributed by atoms with Gasteiger partial charge in [0, 0.05) is 18.2 Å². The maximum Gasteiger partial charge on any atom is 0.417 e. The summed E-state index contributed by atoms with van der Waals surface area (Å²) in [5.41, 5.74) is -0.663. The van der Waals surface area contributed by atoms with Gasteiger partial charge in [0.25, 0.3) is 5.56 Å². The van der Waals surface area contributed by atoms with E-state index < -0.39 is 35.3 Å². The number of rotatable bonds is 4. The third-order valence-electron chi connectivity index (χ3n) is 4.47. The Kier molecular flexibility index (Phi) is 5.53. The molecular weight excluding hydrogens is 360 g/mol. The monoisotopic (exact) mass is 377 g/mol. The molecule has 0 bridgehead atoms. The van der Waals surface area contributed by atoms with Crippen LogP contribution in [0, 0.1) is 5.92 Å². The van der Waals surface area contributed by atoms with Crippen LogP contribution in [0.1, 0.15) is 42.0 Å². The van der Waals surface area contributed by atoms with Crippen molar-refractivity contribution in [2.24, 2.45) is 5.92 Å². The van der Waals surface area contributed by atoms with E-state index in [1.807, 2.05) is 0 Å². The molecule has 0 saturated heterocycles. The molecule has 2 nitrogen and oxygen atoms in total. The Morgan fingerprint density at radius 1 is 1.00 bits per heavy atom. The molecule has 0 aliphatic heterocycles. The number of aromatic amines is 1. The lowest BCUT2D eigenvalue weighted by atomic mass is 9.88. The van der Waals surface area contributed by atoms with Gasteiger partial charge in [-0.15, -0.1) is 0 Å². The Hall–Kier alpha value is -2.25. The van der Waals surface area contributed by atoms with E-state index in [1.165, 1.54) is 31.2 Å². The van der Waals surface area contributed by atoms with Crippen molar-refractivity contribution in [3.05, 3.63) is 69.1 Å². The Labute approximate surface area is 145 Å². The summed E-state index contributed by atoms with van der Waals surface area (Å²) in [5.74, 6) is -2.29. The molecule has 1 N–H and O–H groups in total. The van der Waals surface area contributed by atoms with Crippen LogP contribution in [0.3, 0.4) is 0 Å². The summed E-state index contributed by atoms with van der Waals surface area (Å²) >= 11 is 0. The Morgan fingerprint density at radius 3 is 2.08 bits per heavy atom. The molecule has 1 aromatic heterocycles. The molecule has 0 spiro atoms. The van der Waals surface area contributed by atoms with E-state index in [4.69, 9.17) is 0 Å². The third-order valence-corrected chi connectivity index (χ3v) is 4.47. The normalized spacial score (nSPS) is 14.9. The summed E-state index contributed by atoms with van der Waals surface area (Å²) < 4.78 is 76.6. The van der Waals surface area contributed by atoms with Crippen molar-refractivity contribution in [2.75, 3.05) is 0 Å².